The molecule has 7 nitrogen and oxygen atoms in total. The minimum Gasteiger partial charge on any atom is -0.493 e. The lowest BCUT2D eigenvalue weighted by Crippen LogP contribution is -2.38. The number of aryl methyl sites for hydroxylation is 1. The van der Waals surface area contributed by atoms with Gasteiger partial charge in [0.25, 0.3) is 11.2 Å². The summed E-state index contributed by atoms with van der Waals surface area (Å²) in [5, 5.41) is 11.6. The minimum absolute atomic E-state index is 0.000718. The Morgan fingerprint density at radius 1 is 1.16 bits per heavy atom. The Morgan fingerprint density at radius 2 is 2.00 bits per heavy atom. The summed E-state index contributed by atoms with van der Waals surface area (Å²) >= 11 is 4.88. The summed E-state index contributed by atoms with van der Waals surface area (Å²) in [4.78, 5) is 30.6. The molecule has 0 fully saturated rings. The van der Waals surface area contributed by atoms with Crippen LogP contribution in [0.2, 0.25) is 0 Å². The van der Waals surface area contributed by atoms with E-state index in [2.05, 4.69) is 28.1 Å². The van der Waals surface area contributed by atoms with Gasteiger partial charge in [-0.25, -0.2) is 4.99 Å². The summed E-state index contributed by atoms with van der Waals surface area (Å²) < 4.78 is 8.66. The standard InChI is InChI=1S/C29H22BrN3O4S/c1-2-37-24-13-10-17(14-23(24)30)15-25-28(34)32-27(19-7-5-8-20(16-19)33(35)36)22-12-11-18-6-3-4-9-21(18)26(22)31-29(32)38-25/h3-10,13-16,27H,2,11-12H2,1H3. The highest BCUT2D eigenvalue weighted by molar-refractivity contribution is 9.10. The number of hydrogen-bond acceptors (Lipinski definition) is 6. The molecule has 0 saturated heterocycles. The van der Waals surface area contributed by atoms with Gasteiger partial charge >= 0.3 is 0 Å². The largest absolute Gasteiger partial charge is 0.493 e. The topological polar surface area (TPSA) is 86.7 Å². The number of aromatic nitrogens is 1. The van der Waals surface area contributed by atoms with Crippen molar-refractivity contribution in [3.63, 3.8) is 0 Å². The fraction of sp³-hybridized carbons (Fsp3) is 0.172. The van der Waals surface area contributed by atoms with Crippen LogP contribution in [0.5, 0.6) is 5.75 Å². The molecule has 1 aromatic heterocycles. The van der Waals surface area contributed by atoms with Crippen LogP contribution in [0, 0.1) is 10.1 Å². The van der Waals surface area contributed by atoms with E-state index in [1.807, 2.05) is 49.4 Å². The molecular weight excluding hydrogens is 566 g/mol. The second-order valence-electron chi connectivity index (χ2n) is 9.09. The number of thiazole rings is 1. The zero-order valence-electron chi connectivity index (χ0n) is 20.4. The van der Waals surface area contributed by atoms with Gasteiger partial charge in [-0.1, -0.05) is 53.8 Å². The fourth-order valence-corrected chi connectivity index (χ4v) is 6.67. The number of fused-ring (bicyclic) bond motifs is 3. The lowest BCUT2D eigenvalue weighted by atomic mass is 9.83. The third-order valence-electron chi connectivity index (χ3n) is 6.82. The highest BCUT2D eigenvalue weighted by Crippen LogP contribution is 2.41. The Morgan fingerprint density at radius 3 is 2.79 bits per heavy atom. The summed E-state index contributed by atoms with van der Waals surface area (Å²) in [6.45, 7) is 2.48. The zero-order chi connectivity index (χ0) is 26.4. The van der Waals surface area contributed by atoms with Crippen molar-refractivity contribution in [1.29, 1.82) is 0 Å². The number of allylic oxidation sites excluding steroid dienone is 1. The number of nitro groups is 1. The first-order valence-corrected chi connectivity index (χ1v) is 13.9. The van der Waals surface area contributed by atoms with Crippen LogP contribution in [0.25, 0.3) is 11.8 Å². The molecule has 3 aromatic carbocycles. The summed E-state index contributed by atoms with van der Waals surface area (Å²) in [5.41, 5.74) is 5.53. The van der Waals surface area contributed by atoms with E-state index in [0.717, 1.165) is 45.5 Å². The Balaban J connectivity index is 1.58. The molecular formula is C29H22BrN3O4S. The van der Waals surface area contributed by atoms with E-state index in [4.69, 9.17) is 9.73 Å². The number of benzene rings is 3. The van der Waals surface area contributed by atoms with Gasteiger partial charge in [0, 0.05) is 17.7 Å². The van der Waals surface area contributed by atoms with Crippen molar-refractivity contribution >= 4 is 44.7 Å². The van der Waals surface area contributed by atoms with Gasteiger partial charge in [0.1, 0.15) is 5.75 Å². The molecule has 0 saturated carbocycles. The number of ether oxygens (including phenoxy) is 1. The predicted molar refractivity (Wildman–Crippen MR) is 151 cm³/mol. The van der Waals surface area contributed by atoms with E-state index in [1.54, 1.807) is 16.7 Å². The maximum atomic E-state index is 13.9. The first-order valence-electron chi connectivity index (χ1n) is 12.2. The molecule has 1 aliphatic heterocycles. The molecule has 0 spiro atoms. The van der Waals surface area contributed by atoms with Crippen LogP contribution in [0.15, 0.2) is 86.6 Å². The summed E-state index contributed by atoms with van der Waals surface area (Å²) in [6.07, 6.45) is 3.39. The number of hydrogen-bond donors (Lipinski definition) is 0. The maximum Gasteiger partial charge on any atom is 0.271 e. The van der Waals surface area contributed by atoms with Gasteiger partial charge in [0.05, 0.1) is 32.3 Å². The van der Waals surface area contributed by atoms with Gasteiger partial charge in [-0.15, -0.1) is 0 Å². The average molecular weight is 588 g/mol. The lowest BCUT2D eigenvalue weighted by molar-refractivity contribution is -0.384. The van der Waals surface area contributed by atoms with Crippen LogP contribution >= 0.6 is 27.3 Å². The molecule has 9 heteroatoms. The van der Waals surface area contributed by atoms with Gasteiger partial charge in [-0.05, 0) is 76.2 Å². The van der Waals surface area contributed by atoms with Crippen molar-refractivity contribution in [2.24, 2.45) is 4.99 Å². The molecule has 2 aliphatic rings. The number of halogens is 1. The number of nitro benzene ring substituents is 1. The molecule has 0 radical (unpaired) electrons. The van der Waals surface area contributed by atoms with Crippen molar-refractivity contribution in [2.45, 2.75) is 25.8 Å². The quantitative estimate of drug-likeness (QED) is 0.231. The highest BCUT2D eigenvalue weighted by Gasteiger charge is 2.33. The molecule has 6 rings (SSSR count). The van der Waals surface area contributed by atoms with E-state index >= 15 is 0 Å². The van der Waals surface area contributed by atoms with Crippen molar-refractivity contribution < 1.29 is 9.66 Å². The average Bonchev–Trinajstić information content (AvgIpc) is 3.23. The summed E-state index contributed by atoms with van der Waals surface area (Å²) in [6, 6.07) is 20.0. The van der Waals surface area contributed by atoms with Crippen molar-refractivity contribution in [3.05, 3.63) is 129 Å². The van der Waals surface area contributed by atoms with Gasteiger partial charge in [-0.3, -0.25) is 19.5 Å². The second kappa shape index (κ2) is 9.81. The Kier molecular flexibility index (Phi) is 6.33. The lowest BCUT2D eigenvalue weighted by Gasteiger charge is -2.30. The molecule has 0 bridgehead atoms. The van der Waals surface area contributed by atoms with Crippen LogP contribution in [0.3, 0.4) is 0 Å². The summed E-state index contributed by atoms with van der Waals surface area (Å²) in [7, 11) is 0. The third-order valence-corrected chi connectivity index (χ3v) is 8.43. The Bertz CT molecular complexity index is 1820. The molecule has 2 heterocycles. The van der Waals surface area contributed by atoms with Crippen LogP contribution in [0.4, 0.5) is 5.69 Å². The molecule has 1 atom stereocenters. The van der Waals surface area contributed by atoms with Crippen molar-refractivity contribution in [2.75, 3.05) is 6.61 Å². The number of rotatable bonds is 5. The van der Waals surface area contributed by atoms with Crippen molar-refractivity contribution in [1.82, 2.24) is 4.57 Å². The fourth-order valence-electron chi connectivity index (χ4n) is 5.16. The number of nitrogens with zero attached hydrogens (tertiary/aromatic N) is 3. The van der Waals surface area contributed by atoms with E-state index in [-0.39, 0.29) is 11.2 Å². The Hall–Kier alpha value is -3.82. The zero-order valence-corrected chi connectivity index (χ0v) is 22.8. The molecule has 0 amide bonds. The molecule has 1 unspecified atom stereocenters. The van der Waals surface area contributed by atoms with Gasteiger partial charge in [0.2, 0.25) is 0 Å². The Labute approximate surface area is 230 Å². The maximum absolute atomic E-state index is 13.9. The van der Waals surface area contributed by atoms with E-state index in [0.29, 0.717) is 21.5 Å². The normalized spacial score (nSPS) is 16.4. The molecule has 190 valence electrons. The SMILES string of the molecule is CCOc1ccc(C=c2sc3n(c2=O)C(c2cccc([N+](=O)[O-])c2)C2=C(N=3)c3ccccc3CC2)cc1Br. The molecule has 38 heavy (non-hydrogen) atoms. The second-order valence-corrected chi connectivity index (χ2v) is 11.0. The van der Waals surface area contributed by atoms with Crippen LogP contribution in [0.1, 0.15) is 41.6 Å². The van der Waals surface area contributed by atoms with E-state index < -0.39 is 11.0 Å². The third kappa shape index (κ3) is 4.21. The molecule has 1 aliphatic carbocycles. The smallest absolute Gasteiger partial charge is 0.271 e. The van der Waals surface area contributed by atoms with E-state index in [1.165, 1.54) is 23.0 Å². The van der Waals surface area contributed by atoms with E-state index in [9.17, 15) is 14.9 Å². The number of non-ortho nitro benzene ring substituents is 1. The molecule has 4 aromatic rings. The first-order chi connectivity index (χ1) is 18.4. The first kappa shape index (κ1) is 24.5. The predicted octanol–water partition coefficient (Wildman–Crippen LogP) is 5.39. The highest BCUT2D eigenvalue weighted by atomic mass is 79.9. The van der Waals surface area contributed by atoms with Gasteiger partial charge in [-0.2, -0.15) is 0 Å². The van der Waals surface area contributed by atoms with Gasteiger partial charge in [0.15, 0.2) is 4.80 Å². The van der Waals surface area contributed by atoms with Crippen LogP contribution < -0.4 is 19.6 Å². The van der Waals surface area contributed by atoms with Crippen molar-refractivity contribution in [3.8, 4) is 5.75 Å². The van der Waals surface area contributed by atoms with Gasteiger partial charge < -0.3 is 4.74 Å². The minimum atomic E-state index is -0.469. The van der Waals surface area contributed by atoms with Crippen LogP contribution in [-0.4, -0.2) is 16.1 Å². The van der Waals surface area contributed by atoms with Crippen LogP contribution in [-0.2, 0) is 6.42 Å². The molecule has 0 N–H and O–H groups in total. The monoisotopic (exact) mass is 587 g/mol. The summed E-state index contributed by atoms with van der Waals surface area (Å²) in [5.74, 6) is 0.739.